The molecule has 6 heteroatoms. The van der Waals surface area contributed by atoms with Crippen LogP contribution in [0.25, 0.3) is 0 Å². The Kier molecular flexibility index (Phi) is 5.40. The van der Waals surface area contributed by atoms with Gasteiger partial charge in [0, 0.05) is 19.3 Å². The first-order valence-corrected chi connectivity index (χ1v) is 5.97. The van der Waals surface area contributed by atoms with Crippen LogP contribution < -0.4 is 5.32 Å². The van der Waals surface area contributed by atoms with Gasteiger partial charge in [-0.3, -0.25) is 0 Å². The number of alkyl halides is 3. The molecule has 0 atom stereocenters. The summed E-state index contributed by atoms with van der Waals surface area (Å²) in [5, 5.41) is 2.75. The summed E-state index contributed by atoms with van der Waals surface area (Å²) < 4.78 is 38.0. The zero-order valence-electron chi connectivity index (χ0n) is 10.6. The van der Waals surface area contributed by atoms with Crippen molar-refractivity contribution in [2.45, 2.75) is 20.0 Å². The molecule has 1 rings (SSSR count). The first-order valence-electron chi connectivity index (χ1n) is 5.97. The number of hydrogen-bond donors (Lipinski definition) is 1. The van der Waals surface area contributed by atoms with Crippen molar-refractivity contribution < 1.29 is 13.2 Å². The highest BCUT2D eigenvalue weighted by molar-refractivity contribution is 5.45. The number of anilines is 1. The molecule has 1 aromatic heterocycles. The number of halogens is 3. The van der Waals surface area contributed by atoms with Gasteiger partial charge in [-0.25, -0.2) is 4.98 Å². The average molecular weight is 261 g/mol. The Bertz CT molecular complexity index is 362. The van der Waals surface area contributed by atoms with Crippen LogP contribution in [0.15, 0.2) is 18.3 Å². The molecule has 0 aliphatic carbocycles. The lowest BCUT2D eigenvalue weighted by Crippen LogP contribution is -2.29. The highest BCUT2D eigenvalue weighted by atomic mass is 19.4. The van der Waals surface area contributed by atoms with Crippen molar-refractivity contribution in [1.29, 1.82) is 0 Å². The topological polar surface area (TPSA) is 28.2 Å². The van der Waals surface area contributed by atoms with Crippen LogP contribution in [0, 0.1) is 0 Å². The summed E-state index contributed by atoms with van der Waals surface area (Å²) in [6.07, 6.45) is -3.01. The molecular weight excluding hydrogens is 243 g/mol. The number of likely N-dealkylation sites (N-methyl/N-ethyl adjacent to an activating group) is 1. The van der Waals surface area contributed by atoms with Crippen LogP contribution in [0.1, 0.15) is 19.4 Å². The van der Waals surface area contributed by atoms with Crippen molar-refractivity contribution in [3.05, 3.63) is 23.9 Å². The van der Waals surface area contributed by atoms with E-state index in [1.807, 2.05) is 13.8 Å². The van der Waals surface area contributed by atoms with E-state index in [4.69, 9.17) is 0 Å². The highest BCUT2D eigenvalue weighted by Gasteiger charge is 2.33. The van der Waals surface area contributed by atoms with E-state index in [9.17, 15) is 13.2 Å². The Labute approximate surface area is 105 Å². The summed E-state index contributed by atoms with van der Waals surface area (Å²) in [5.41, 5.74) is -0.718. The number of hydrogen-bond acceptors (Lipinski definition) is 3. The summed E-state index contributed by atoms with van der Waals surface area (Å²) in [6.45, 7) is 6.94. The summed E-state index contributed by atoms with van der Waals surface area (Å²) >= 11 is 0. The fourth-order valence-electron chi connectivity index (χ4n) is 1.65. The number of nitrogens with one attached hydrogen (secondary N) is 1. The predicted octanol–water partition coefficient (Wildman–Crippen LogP) is 2.85. The molecule has 0 amide bonds. The minimum Gasteiger partial charge on any atom is -0.368 e. The maximum Gasteiger partial charge on any atom is 0.419 e. The summed E-state index contributed by atoms with van der Waals surface area (Å²) in [7, 11) is 0. The summed E-state index contributed by atoms with van der Waals surface area (Å²) in [4.78, 5) is 5.87. The van der Waals surface area contributed by atoms with Gasteiger partial charge in [0.2, 0.25) is 0 Å². The van der Waals surface area contributed by atoms with E-state index in [1.165, 1.54) is 12.3 Å². The molecule has 18 heavy (non-hydrogen) atoms. The van der Waals surface area contributed by atoms with Crippen LogP contribution >= 0.6 is 0 Å². The van der Waals surface area contributed by atoms with E-state index in [1.54, 1.807) is 0 Å². The maximum atomic E-state index is 12.7. The fourth-order valence-corrected chi connectivity index (χ4v) is 1.65. The molecule has 0 radical (unpaired) electrons. The predicted molar refractivity (Wildman–Crippen MR) is 65.5 cm³/mol. The van der Waals surface area contributed by atoms with E-state index in [2.05, 4.69) is 15.2 Å². The van der Waals surface area contributed by atoms with E-state index in [-0.39, 0.29) is 5.82 Å². The Hall–Kier alpha value is -1.30. The summed E-state index contributed by atoms with van der Waals surface area (Å²) in [5.74, 6) is -0.0999. The number of rotatable bonds is 6. The maximum absolute atomic E-state index is 12.7. The lowest BCUT2D eigenvalue weighted by Gasteiger charge is -2.19. The van der Waals surface area contributed by atoms with Crippen LogP contribution in [0.2, 0.25) is 0 Å². The second-order valence-electron chi connectivity index (χ2n) is 3.85. The first-order chi connectivity index (χ1) is 8.49. The van der Waals surface area contributed by atoms with Crippen molar-refractivity contribution in [2.75, 3.05) is 31.5 Å². The molecule has 3 nitrogen and oxygen atoms in total. The third-order valence-corrected chi connectivity index (χ3v) is 2.73. The third-order valence-electron chi connectivity index (χ3n) is 2.73. The van der Waals surface area contributed by atoms with Gasteiger partial charge < -0.3 is 10.2 Å². The smallest absolute Gasteiger partial charge is 0.368 e. The van der Waals surface area contributed by atoms with Gasteiger partial charge in [0.05, 0.1) is 5.56 Å². The van der Waals surface area contributed by atoms with Crippen molar-refractivity contribution in [2.24, 2.45) is 0 Å². The molecule has 1 heterocycles. The highest BCUT2D eigenvalue weighted by Crippen LogP contribution is 2.33. The molecule has 0 aliphatic heterocycles. The molecule has 0 aliphatic rings. The van der Waals surface area contributed by atoms with Gasteiger partial charge in [-0.05, 0) is 25.2 Å². The van der Waals surface area contributed by atoms with Gasteiger partial charge in [-0.15, -0.1) is 0 Å². The molecule has 0 saturated carbocycles. The van der Waals surface area contributed by atoms with Gasteiger partial charge in [0.1, 0.15) is 5.82 Å². The first kappa shape index (κ1) is 14.8. The molecule has 0 saturated heterocycles. The molecule has 1 aromatic rings. The van der Waals surface area contributed by atoms with Gasteiger partial charge in [-0.2, -0.15) is 13.2 Å². The Morgan fingerprint density at radius 1 is 1.28 bits per heavy atom. The molecule has 0 bridgehead atoms. The Morgan fingerprint density at radius 2 is 1.94 bits per heavy atom. The van der Waals surface area contributed by atoms with Crippen LogP contribution in [0.4, 0.5) is 19.0 Å². The summed E-state index contributed by atoms with van der Waals surface area (Å²) in [6, 6.07) is 2.32. The van der Waals surface area contributed by atoms with Crippen LogP contribution in [-0.4, -0.2) is 36.1 Å². The second-order valence-corrected chi connectivity index (χ2v) is 3.85. The minimum atomic E-state index is -4.37. The molecule has 0 fully saturated rings. The second kappa shape index (κ2) is 6.58. The van der Waals surface area contributed by atoms with E-state index in [0.29, 0.717) is 13.1 Å². The Morgan fingerprint density at radius 3 is 2.50 bits per heavy atom. The van der Waals surface area contributed by atoms with Crippen molar-refractivity contribution >= 4 is 5.82 Å². The minimum absolute atomic E-state index is 0.0999. The quantitative estimate of drug-likeness (QED) is 0.853. The fraction of sp³-hybridized carbons (Fsp3) is 0.583. The van der Waals surface area contributed by atoms with Crippen molar-refractivity contribution in [3.63, 3.8) is 0 Å². The van der Waals surface area contributed by atoms with Crippen molar-refractivity contribution in [1.82, 2.24) is 9.88 Å². The Balaban J connectivity index is 2.62. The average Bonchev–Trinajstić information content (AvgIpc) is 2.34. The van der Waals surface area contributed by atoms with E-state index < -0.39 is 11.7 Å². The largest absolute Gasteiger partial charge is 0.419 e. The van der Waals surface area contributed by atoms with Crippen LogP contribution in [-0.2, 0) is 6.18 Å². The normalized spacial score (nSPS) is 11.9. The van der Waals surface area contributed by atoms with Crippen LogP contribution in [0.5, 0.6) is 0 Å². The van der Waals surface area contributed by atoms with Crippen molar-refractivity contribution in [3.8, 4) is 0 Å². The lowest BCUT2D eigenvalue weighted by molar-refractivity contribution is -0.137. The SMILES string of the molecule is CCN(CC)CCNc1ncccc1C(F)(F)F. The van der Waals surface area contributed by atoms with Gasteiger partial charge >= 0.3 is 6.18 Å². The third kappa shape index (κ3) is 4.18. The number of nitrogens with zero attached hydrogens (tertiary/aromatic N) is 2. The lowest BCUT2D eigenvalue weighted by atomic mass is 10.2. The monoisotopic (exact) mass is 261 g/mol. The molecule has 0 unspecified atom stereocenters. The van der Waals surface area contributed by atoms with Gasteiger partial charge in [-0.1, -0.05) is 13.8 Å². The number of pyridine rings is 1. The standard InChI is InChI=1S/C12H18F3N3/c1-3-18(4-2)9-8-17-11-10(12(13,14)15)6-5-7-16-11/h5-7H,3-4,8-9H2,1-2H3,(H,16,17). The van der Waals surface area contributed by atoms with E-state index in [0.717, 1.165) is 19.2 Å². The molecule has 102 valence electrons. The zero-order chi connectivity index (χ0) is 13.6. The number of aromatic nitrogens is 1. The zero-order valence-corrected chi connectivity index (χ0v) is 10.6. The molecule has 0 spiro atoms. The molecule has 0 aromatic carbocycles. The van der Waals surface area contributed by atoms with Gasteiger partial charge in [0.15, 0.2) is 0 Å². The molecule has 1 N–H and O–H groups in total. The molecular formula is C12H18F3N3. The van der Waals surface area contributed by atoms with E-state index >= 15 is 0 Å². The van der Waals surface area contributed by atoms with Crippen LogP contribution in [0.3, 0.4) is 0 Å². The van der Waals surface area contributed by atoms with Gasteiger partial charge in [0.25, 0.3) is 0 Å².